The standard InChI is InChI=1S/C59H80N12O9S/c1-35-36(2)67-68-51(35)66-52-44-28-49(81(76,77)59(7,8)9)48(29-46(44)62-34-63-52)78-33-38-23-25-70(26-24-38)56-60-30-42(31-61-56)79-41-27-47(54(73)64-45-22-16-20-39-17-14-15-21-43(39)45)71(32-41)55(74)50(40-18-12-11-13-19-40)65-53(72)37(3)69(10)57(75)80-58(4,5)6/h14-15,17,21,28-31,34,37-38,40-41,45,47,50H,11-13,16,18-20,22-27,32-33H2,1-10H3,(H,64,73)(H,65,72)(H2,62,63,66,67,68)/t37-,41-,45+,47-,50-/m0/s1. The van der Waals surface area contributed by atoms with Crippen LogP contribution < -0.4 is 30.3 Å². The third-order valence-electron chi connectivity index (χ3n) is 16.4. The van der Waals surface area contributed by atoms with Crippen molar-refractivity contribution in [3.8, 4) is 11.5 Å². The predicted octanol–water partition coefficient (Wildman–Crippen LogP) is 8.23. The average Bonchev–Trinajstić information content (AvgIpc) is 4.13. The van der Waals surface area contributed by atoms with Gasteiger partial charge in [-0.3, -0.25) is 24.4 Å². The molecular formula is C59H80N12O9S. The molecule has 0 spiro atoms. The zero-order valence-electron chi connectivity index (χ0n) is 48.5. The highest BCUT2D eigenvalue weighted by molar-refractivity contribution is 7.92. The number of H-pyrrole nitrogens is 1. The van der Waals surface area contributed by atoms with Gasteiger partial charge in [0.25, 0.3) is 0 Å². The normalized spacial score (nSPS) is 20.0. The van der Waals surface area contributed by atoms with Crippen LogP contribution in [0.3, 0.4) is 0 Å². The predicted molar refractivity (Wildman–Crippen MR) is 307 cm³/mol. The SMILES string of the molecule is Cc1[nH]nc(Nc2ncnc3cc(OCC4CCN(c5ncc(O[C@H]6C[C@@H](C(=O)N[C@@H]7CCCc8ccccc87)N(C(=O)[C@@H](NC(=O)[C@H](C)N(C)C(=O)OC(C)(C)C)C7CCCCC7)C6)cn5)CC4)c(S(=O)(=O)C(C)(C)C)cc23)c1C. The number of hydrogen-bond donors (Lipinski definition) is 4. The van der Waals surface area contributed by atoms with Crippen LogP contribution in [0.25, 0.3) is 10.9 Å². The van der Waals surface area contributed by atoms with Crippen molar-refractivity contribution in [3.63, 3.8) is 0 Å². The summed E-state index contributed by atoms with van der Waals surface area (Å²) in [6.45, 7) is 17.4. The molecule has 0 radical (unpaired) electrons. The number of benzene rings is 2. The van der Waals surface area contributed by atoms with Crippen LogP contribution in [0.15, 0.2) is 60.0 Å². The fourth-order valence-electron chi connectivity index (χ4n) is 11.3. The summed E-state index contributed by atoms with van der Waals surface area (Å²) >= 11 is 0. The maximum absolute atomic E-state index is 15.2. The molecule has 2 saturated heterocycles. The van der Waals surface area contributed by atoms with E-state index in [1.165, 1.54) is 23.8 Å². The first-order valence-corrected chi connectivity index (χ1v) is 30.1. The molecule has 2 aliphatic carbocycles. The molecule has 21 nitrogen and oxygen atoms in total. The van der Waals surface area contributed by atoms with E-state index >= 15 is 4.79 Å². The Morgan fingerprint density at radius 3 is 2.28 bits per heavy atom. The van der Waals surface area contributed by atoms with Gasteiger partial charge in [0.05, 0.1) is 41.9 Å². The molecule has 3 aromatic heterocycles. The van der Waals surface area contributed by atoms with E-state index in [1.54, 1.807) is 77.9 Å². The number of nitrogens with one attached hydrogen (secondary N) is 4. The zero-order valence-corrected chi connectivity index (χ0v) is 49.3. The van der Waals surface area contributed by atoms with Gasteiger partial charge >= 0.3 is 6.09 Å². The fraction of sp³-hybridized carbons (Fsp3) is 0.576. The van der Waals surface area contributed by atoms with Crippen molar-refractivity contribution < 1.29 is 41.8 Å². The van der Waals surface area contributed by atoms with E-state index < -0.39 is 56.4 Å². The zero-order chi connectivity index (χ0) is 58.0. The van der Waals surface area contributed by atoms with E-state index in [1.807, 2.05) is 26.0 Å². The molecule has 0 unspecified atom stereocenters. The number of likely N-dealkylation sites (tertiary alicyclic amines) is 1. The van der Waals surface area contributed by atoms with Gasteiger partial charge < -0.3 is 40.0 Å². The van der Waals surface area contributed by atoms with Gasteiger partial charge in [0.2, 0.25) is 23.7 Å². The maximum Gasteiger partial charge on any atom is 0.410 e. The van der Waals surface area contributed by atoms with Gasteiger partial charge in [0.1, 0.15) is 52.6 Å². The Morgan fingerprint density at radius 2 is 1.60 bits per heavy atom. The summed E-state index contributed by atoms with van der Waals surface area (Å²) in [4.78, 5) is 80.2. The van der Waals surface area contributed by atoms with Crippen molar-refractivity contribution in [1.29, 1.82) is 0 Å². The minimum atomic E-state index is -3.88. The number of carbonyl (C=O) groups excluding carboxylic acids is 4. The third kappa shape index (κ3) is 13.3. The van der Waals surface area contributed by atoms with E-state index in [-0.39, 0.29) is 59.9 Å². The van der Waals surface area contributed by atoms with Crippen molar-refractivity contribution in [1.82, 2.24) is 50.6 Å². The number of rotatable bonds is 16. The van der Waals surface area contributed by atoms with E-state index in [4.69, 9.17) is 24.2 Å². The Labute approximate surface area is 475 Å². The first kappa shape index (κ1) is 58.6. The molecule has 9 rings (SSSR count). The molecule has 5 aromatic rings. The highest BCUT2D eigenvalue weighted by Gasteiger charge is 2.46. The van der Waals surface area contributed by atoms with Crippen molar-refractivity contribution in [2.45, 2.75) is 178 Å². The maximum atomic E-state index is 15.2. The molecule has 22 heteroatoms. The summed E-state index contributed by atoms with van der Waals surface area (Å²) in [5, 5.41) is 17.4. The van der Waals surface area contributed by atoms with Crippen LogP contribution in [0.5, 0.6) is 11.5 Å². The summed E-state index contributed by atoms with van der Waals surface area (Å²) in [6.07, 6.45) is 12.0. The van der Waals surface area contributed by atoms with E-state index in [0.29, 0.717) is 47.3 Å². The first-order chi connectivity index (χ1) is 38.4. The van der Waals surface area contributed by atoms with Gasteiger partial charge in [0.15, 0.2) is 21.4 Å². The van der Waals surface area contributed by atoms with Gasteiger partial charge in [-0.15, -0.1) is 0 Å². The number of aromatic nitrogens is 6. The van der Waals surface area contributed by atoms with Gasteiger partial charge in [-0.2, -0.15) is 5.10 Å². The monoisotopic (exact) mass is 1130 g/mol. The van der Waals surface area contributed by atoms with Crippen LogP contribution in [0.4, 0.5) is 22.4 Å². The molecule has 1 saturated carbocycles. The molecule has 4 aliphatic rings. The molecular weight excluding hydrogens is 1050 g/mol. The number of hydrogen-bond acceptors (Lipinski definition) is 16. The van der Waals surface area contributed by atoms with Crippen LogP contribution in [-0.4, -0.2) is 140 Å². The summed E-state index contributed by atoms with van der Waals surface area (Å²) in [5.74, 6) is 0.935. The number of likely N-dealkylation sites (N-methyl/N-ethyl adjacent to an activating group) is 1. The van der Waals surface area contributed by atoms with E-state index in [0.717, 1.165) is 81.0 Å². The Morgan fingerprint density at radius 1 is 0.889 bits per heavy atom. The lowest BCUT2D eigenvalue weighted by Gasteiger charge is -2.36. The van der Waals surface area contributed by atoms with E-state index in [9.17, 15) is 22.8 Å². The molecule has 2 aromatic carbocycles. The Balaban J connectivity index is 0.872. The van der Waals surface area contributed by atoms with Crippen LogP contribution in [0, 0.1) is 25.7 Å². The topological polar surface area (TPSA) is 256 Å². The molecule has 2 aliphatic heterocycles. The smallest absolute Gasteiger partial charge is 0.410 e. The number of amides is 4. The third-order valence-corrected chi connectivity index (χ3v) is 18.9. The lowest BCUT2D eigenvalue weighted by Crippen LogP contribution is -2.59. The number of aromatic amines is 1. The number of nitrogens with zero attached hydrogens (tertiary/aromatic N) is 8. The molecule has 436 valence electrons. The second-order valence-electron chi connectivity index (χ2n) is 24.3. The Hall–Kier alpha value is -7.10. The quantitative estimate of drug-likeness (QED) is 0.0725. The highest BCUT2D eigenvalue weighted by Crippen LogP contribution is 2.39. The summed E-state index contributed by atoms with van der Waals surface area (Å²) in [7, 11) is -2.38. The number of ether oxygens (including phenoxy) is 3. The number of carbonyl (C=O) groups is 4. The number of anilines is 3. The number of fused-ring (bicyclic) bond motifs is 2. The molecule has 0 bridgehead atoms. The minimum Gasteiger partial charge on any atom is -0.492 e. The van der Waals surface area contributed by atoms with Gasteiger partial charge in [-0.1, -0.05) is 43.5 Å². The fourth-order valence-corrected chi connectivity index (χ4v) is 12.6. The van der Waals surface area contributed by atoms with Gasteiger partial charge in [-0.25, -0.2) is 33.1 Å². The lowest BCUT2D eigenvalue weighted by atomic mass is 9.83. The van der Waals surface area contributed by atoms with Crippen LogP contribution in [0.2, 0.25) is 0 Å². The molecule has 3 fully saturated rings. The average molecular weight is 1130 g/mol. The molecule has 4 N–H and O–H groups in total. The molecule has 5 heterocycles. The van der Waals surface area contributed by atoms with Crippen LogP contribution >= 0.6 is 0 Å². The summed E-state index contributed by atoms with van der Waals surface area (Å²) in [5.41, 5.74) is 3.83. The number of aryl methyl sites for hydroxylation is 2. The van der Waals surface area contributed by atoms with Gasteiger partial charge in [0, 0.05) is 49.3 Å². The minimum absolute atomic E-state index is 0.0634. The van der Waals surface area contributed by atoms with Crippen molar-refractivity contribution in [2.24, 2.45) is 11.8 Å². The number of sulfone groups is 1. The van der Waals surface area contributed by atoms with Crippen molar-refractivity contribution in [3.05, 3.63) is 77.5 Å². The van der Waals surface area contributed by atoms with Crippen LogP contribution in [0.1, 0.15) is 141 Å². The van der Waals surface area contributed by atoms with E-state index in [2.05, 4.69) is 53.1 Å². The van der Waals surface area contributed by atoms with Crippen molar-refractivity contribution in [2.75, 3.05) is 43.5 Å². The number of piperidine rings is 1. The van der Waals surface area contributed by atoms with Crippen LogP contribution in [-0.2, 0) is 35.4 Å². The Kier molecular flexibility index (Phi) is 17.5. The molecule has 81 heavy (non-hydrogen) atoms. The summed E-state index contributed by atoms with van der Waals surface area (Å²) in [6, 6.07) is 8.40. The second-order valence-corrected chi connectivity index (χ2v) is 27.0. The lowest BCUT2D eigenvalue weighted by molar-refractivity contribution is -0.143. The molecule has 4 amide bonds. The highest BCUT2D eigenvalue weighted by atomic mass is 32.2. The molecule has 5 atom stereocenters. The van der Waals surface area contributed by atoms with Crippen molar-refractivity contribution >= 4 is 62.1 Å². The largest absolute Gasteiger partial charge is 0.492 e. The Bertz CT molecular complexity index is 3200. The van der Waals surface area contributed by atoms with Gasteiger partial charge in [-0.05, 0) is 136 Å². The summed E-state index contributed by atoms with van der Waals surface area (Å²) < 4.78 is 45.7. The first-order valence-electron chi connectivity index (χ1n) is 28.6. The second kappa shape index (κ2) is 24.2.